The molecular formula is C16H20N2O3S2. The van der Waals surface area contributed by atoms with Crippen LogP contribution in [0.15, 0.2) is 35.3 Å². The van der Waals surface area contributed by atoms with Gasteiger partial charge in [-0.1, -0.05) is 43.8 Å². The molecule has 1 aromatic rings. The lowest BCUT2D eigenvalue weighted by Gasteiger charge is -2.24. The first-order valence-electron chi connectivity index (χ1n) is 7.68. The average molecular weight is 352 g/mol. The van der Waals surface area contributed by atoms with E-state index in [4.69, 9.17) is 0 Å². The zero-order valence-electron chi connectivity index (χ0n) is 13.2. The van der Waals surface area contributed by atoms with Crippen LogP contribution >= 0.6 is 11.8 Å². The van der Waals surface area contributed by atoms with Gasteiger partial charge in [-0.2, -0.15) is 4.99 Å². The molecule has 0 saturated carbocycles. The van der Waals surface area contributed by atoms with Gasteiger partial charge in [0, 0.05) is 17.4 Å². The lowest BCUT2D eigenvalue weighted by Crippen LogP contribution is -2.37. The van der Waals surface area contributed by atoms with Gasteiger partial charge in [-0.3, -0.25) is 4.79 Å². The summed E-state index contributed by atoms with van der Waals surface area (Å²) < 4.78 is 23.9. The maximum absolute atomic E-state index is 12.1. The molecule has 23 heavy (non-hydrogen) atoms. The smallest absolute Gasteiger partial charge is 0.248 e. The number of nitrogens with zero attached hydrogens (tertiary/aromatic N) is 2. The summed E-state index contributed by atoms with van der Waals surface area (Å²) in [5.74, 6) is 0.384. The largest absolute Gasteiger partial charge is 0.316 e. The Bertz CT molecular complexity index is 729. The Morgan fingerprint density at radius 1 is 1.30 bits per heavy atom. The van der Waals surface area contributed by atoms with E-state index in [1.54, 1.807) is 0 Å². The van der Waals surface area contributed by atoms with E-state index >= 15 is 0 Å². The minimum absolute atomic E-state index is 0.0502. The van der Waals surface area contributed by atoms with Crippen LogP contribution in [0.2, 0.25) is 0 Å². The molecule has 7 heteroatoms. The van der Waals surface area contributed by atoms with Gasteiger partial charge in [0.1, 0.15) is 0 Å². The van der Waals surface area contributed by atoms with E-state index in [9.17, 15) is 13.2 Å². The molecule has 124 valence electrons. The Morgan fingerprint density at radius 2 is 2.00 bits per heavy atom. The molecular weight excluding hydrogens is 332 g/mol. The number of hydrogen-bond donors (Lipinski definition) is 0. The summed E-state index contributed by atoms with van der Waals surface area (Å²) in [7, 11) is -3.02. The molecule has 2 atom stereocenters. The first kappa shape index (κ1) is 16.5. The Kier molecular flexibility index (Phi) is 4.51. The number of thioether (sulfide) groups is 1. The fourth-order valence-electron chi connectivity index (χ4n) is 2.96. The SMILES string of the molecule is CC(C)CC(=O)N=C1S[C@@H]2CS(=O)(=O)C[C@@H]2N1c1ccccc1. The second-order valence-electron chi connectivity index (χ2n) is 6.39. The van der Waals surface area contributed by atoms with Gasteiger partial charge >= 0.3 is 0 Å². The van der Waals surface area contributed by atoms with Crippen LogP contribution in [0.25, 0.3) is 0 Å². The quantitative estimate of drug-likeness (QED) is 0.835. The number of rotatable bonds is 3. The summed E-state index contributed by atoms with van der Waals surface area (Å²) in [5.41, 5.74) is 0.890. The second-order valence-corrected chi connectivity index (χ2v) is 9.75. The van der Waals surface area contributed by atoms with Crippen molar-refractivity contribution in [3.8, 4) is 0 Å². The predicted octanol–water partition coefficient (Wildman–Crippen LogP) is 2.33. The summed E-state index contributed by atoms with van der Waals surface area (Å²) in [5, 5.41) is 0.581. The van der Waals surface area contributed by atoms with Gasteiger partial charge in [0.15, 0.2) is 15.0 Å². The normalized spacial score (nSPS) is 27.6. The average Bonchev–Trinajstić information content (AvgIpc) is 2.89. The highest BCUT2D eigenvalue weighted by Gasteiger charge is 2.49. The number of amidine groups is 1. The number of aliphatic imine (C=N–C) groups is 1. The molecule has 3 rings (SSSR count). The highest BCUT2D eigenvalue weighted by molar-refractivity contribution is 8.16. The van der Waals surface area contributed by atoms with Crippen molar-refractivity contribution in [3.05, 3.63) is 30.3 Å². The van der Waals surface area contributed by atoms with Crippen molar-refractivity contribution >= 4 is 38.4 Å². The molecule has 2 aliphatic rings. The van der Waals surface area contributed by atoms with Crippen molar-refractivity contribution in [3.63, 3.8) is 0 Å². The minimum atomic E-state index is -3.02. The lowest BCUT2D eigenvalue weighted by molar-refractivity contribution is -0.118. The summed E-state index contributed by atoms with van der Waals surface area (Å²) in [4.78, 5) is 18.3. The van der Waals surface area contributed by atoms with Crippen LogP contribution in [0.3, 0.4) is 0 Å². The van der Waals surface area contributed by atoms with Crippen molar-refractivity contribution < 1.29 is 13.2 Å². The van der Waals surface area contributed by atoms with Gasteiger partial charge in [0.2, 0.25) is 5.91 Å². The minimum Gasteiger partial charge on any atom is -0.316 e. The zero-order valence-corrected chi connectivity index (χ0v) is 14.8. The number of hydrogen-bond acceptors (Lipinski definition) is 4. The molecule has 0 spiro atoms. The summed E-state index contributed by atoms with van der Waals surface area (Å²) >= 11 is 1.42. The van der Waals surface area contributed by atoms with E-state index in [2.05, 4.69) is 4.99 Å². The fourth-order valence-corrected chi connectivity index (χ4v) is 6.89. The van der Waals surface area contributed by atoms with E-state index in [0.29, 0.717) is 11.6 Å². The van der Waals surface area contributed by atoms with Crippen molar-refractivity contribution in [2.24, 2.45) is 10.9 Å². The maximum atomic E-state index is 12.1. The van der Waals surface area contributed by atoms with Gasteiger partial charge in [-0.05, 0) is 18.1 Å². The molecule has 2 aliphatic heterocycles. The van der Waals surface area contributed by atoms with Gasteiger partial charge < -0.3 is 4.90 Å². The van der Waals surface area contributed by atoms with E-state index < -0.39 is 9.84 Å². The number of carbonyl (C=O) groups is 1. The third-order valence-electron chi connectivity index (χ3n) is 3.90. The fraction of sp³-hybridized carbons (Fsp3) is 0.500. The number of carbonyl (C=O) groups excluding carboxylic acids is 1. The maximum Gasteiger partial charge on any atom is 0.248 e. The Hall–Kier alpha value is -1.34. The van der Waals surface area contributed by atoms with Gasteiger partial charge in [0.05, 0.1) is 17.5 Å². The third kappa shape index (κ3) is 3.61. The molecule has 2 heterocycles. The third-order valence-corrected chi connectivity index (χ3v) is 7.11. The van der Waals surface area contributed by atoms with E-state index in [0.717, 1.165) is 5.69 Å². The van der Waals surface area contributed by atoms with Crippen molar-refractivity contribution in [1.29, 1.82) is 0 Å². The molecule has 2 fully saturated rings. The van der Waals surface area contributed by atoms with Gasteiger partial charge in [-0.15, -0.1) is 0 Å². The Morgan fingerprint density at radius 3 is 2.65 bits per heavy atom. The van der Waals surface area contributed by atoms with Crippen LogP contribution in [0, 0.1) is 5.92 Å². The van der Waals surface area contributed by atoms with Crippen LogP contribution in [-0.4, -0.2) is 42.3 Å². The molecule has 0 bridgehead atoms. The number of amides is 1. The van der Waals surface area contributed by atoms with E-state index in [1.807, 2.05) is 49.1 Å². The summed E-state index contributed by atoms with van der Waals surface area (Å²) in [6, 6.07) is 9.44. The Labute approximate surface area is 141 Å². The molecule has 0 radical (unpaired) electrons. The van der Waals surface area contributed by atoms with Crippen LogP contribution in [0.5, 0.6) is 0 Å². The molecule has 0 unspecified atom stereocenters. The van der Waals surface area contributed by atoms with Crippen LogP contribution in [0.1, 0.15) is 20.3 Å². The summed E-state index contributed by atoms with van der Waals surface area (Å²) in [6.45, 7) is 3.96. The van der Waals surface area contributed by atoms with Gasteiger partial charge in [-0.25, -0.2) is 8.42 Å². The standard InChI is InChI=1S/C16H20N2O3S2/c1-11(2)8-15(19)17-16-18(12-6-4-3-5-7-12)13-9-23(20,21)10-14(13)22-16/h3-7,11,13-14H,8-10H2,1-2H3/t13-,14+/m0/s1. The topological polar surface area (TPSA) is 66.8 Å². The monoisotopic (exact) mass is 352 g/mol. The lowest BCUT2D eigenvalue weighted by atomic mass is 10.1. The number of sulfone groups is 1. The molecule has 1 amide bonds. The van der Waals surface area contributed by atoms with Crippen LogP contribution in [-0.2, 0) is 14.6 Å². The molecule has 5 nitrogen and oxygen atoms in total. The zero-order chi connectivity index (χ0) is 16.6. The first-order valence-corrected chi connectivity index (χ1v) is 10.4. The van der Waals surface area contributed by atoms with E-state index in [-0.39, 0.29) is 34.6 Å². The molecule has 2 saturated heterocycles. The first-order chi connectivity index (χ1) is 10.9. The van der Waals surface area contributed by atoms with Crippen molar-refractivity contribution in [2.75, 3.05) is 16.4 Å². The highest BCUT2D eigenvalue weighted by atomic mass is 32.2. The van der Waals surface area contributed by atoms with Gasteiger partial charge in [0.25, 0.3) is 0 Å². The number of para-hydroxylation sites is 1. The van der Waals surface area contributed by atoms with Crippen molar-refractivity contribution in [2.45, 2.75) is 31.6 Å². The van der Waals surface area contributed by atoms with E-state index in [1.165, 1.54) is 11.8 Å². The van der Waals surface area contributed by atoms with Crippen molar-refractivity contribution in [1.82, 2.24) is 0 Å². The highest BCUT2D eigenvalue weighted by Crippen LogP contribution is 2.40. The van der Waals surface area contributed by atoms with Crippen LogP contribution in [0.4, 0.5) is 5.69 Å². The second kappa shape index (κ2) is 6.28. The summed E-state index contributed by atoms with van der Waals surface area (Å²) in [6.07, 6.45) is 0.403. The number of benzene rings is 1. The molecule has 0 aromatic heterocycles. The number of anilines is 1. The Balaban J connectivity index is 1.94. The van der Waals surface area contributed by atoms with Crippen LogP contribution < -0.4 is 4.90 Å². The number of fused-ring (bicyclic) bond motifs is 1. The molecule has 0 aliphatic carbocycles. The molecule has 0 N–H and O–H groups in total. The predicted molar refractivity (Wildman–Crippen MR) is 94.6 cm³/mol. The molecule has 1 aromatic carbocycles.